The lowest BCUT2D eigenvalue weighted by molar-refractivity contribution is 0.448. The maximum atomic E-state index is 2.42. The monoisotopic (exact) mass is 310 g/mol. The first-order chi connectivity index (χ1) is 10.7. The Morgan fingerprint density at radius 3 is 1.18 bits per heavy atom. The topological polar surface area (TPSA) is 0 Å². The van der Waals surface area contributed by atoms with E-state index < -0.39 is 0 Å². The smallest absolute Gasteiger partial charge is 0.0443 e. The van der Waals surface area contributed by atoms with Crippen molar-refractivity contribution in [2.75, 3.05) is 0 Å². The zero-order valence-corrected chi connectivity index (χ0v) is 16.5. The highest BCUT2D eigenvalue weighted by Gasteiger charge is 2.00. The predicted octanol–water partition coefficient (Wildman–Crippen LogP) is 8.54. The van der Waals surface area contributed by atoms with Gasteiger partial charge in [-0.3, -0.25) is 0 Å². The molecule has 0 amide bonds. The molecule has 0 aliphatic rings. The third-order valence-electron chi connectivity index (χ3n) is 5.37. The minimum atomic E-state index is 0.949. The summed E-state index contributed by atoms with van der Waals surface area (Å²) < 4.78 is 0. The van der Waals surface area contributed by atoms with Crippen LogP contribution in [0.4, 0.5) is 0 Å². The van der Waals surface area contributed by atoms with Crippen LogP contribution in [0.2, 0.25) is 0 Å². The summed E-state index contributed by atoms with van der Waals surface area (Å²) >= 11 is 0. The summed E-state index contributed by atoms with van der Waals surface area (Å²) in [6.07, 6.45) is 23.3. The van der Waals surface area contributed by atoms with Gasteiger partial charge in [0.2, 0.25) is 0 Å². The summed E-state index contributed by atoms with van der Waals surface area (Å²) in [4.78, 5) is 0. The van der Waals surface area contributed by atoms with Crippen molar-refractivity contribution in [2.45, 2.75) is 130 Å². The second-order valence-corrected chi connectivity index (χ2v) is 7.87. The van der Waals surface area contributed by atoms with Crippen LogP contribution in [0.15, 0.2) is 0 Å². The number of rotatable bonds is 17. The molecule has 0 heteroatoms. The molecular weight excluding hydrogens is 264 g/mol. The Kier molecular flexibility index (Phi) is 17.4. The number of unbranched alkanes of at least 4 members (excludes halogenated alkanes) is 10. The first-order valence-corrected chi connectivity index (χ1v) is 10.7. The third-order valence-corrected chi connectivity index (χ3v) is 5.37. The molecule has 0 bridgehead atoms. The summed E-state index contributed by atoms with van der Waals surface area (Å²) in [6, 6.07) is 0. The van der Waals surface area contributed by atoms with Crippen LogP contribution >= 0.6 is 0 Å². The number of hydrogen-bond acceptors (Lipinski definition) is 0. The molecule has 0 radical (unpaired) electrons. The minimum absolute atomic E-state index is 0.949. The first-order valence-electron chi connectivity index (χ1n) is 10.7. The normalized spacial score (nSPS) is 14.2. The second-order valence-electron chi connectivity index (χ2n) is 7.87. The lowest BCUT2D eigenvalue weighted by Gasteiger charge is -2.09. The second kappa shape index (κ2) is 17.4. The zero-order valence-electron chi connectivity index (χ0n) is 16.5. The van der Waals surface area contributed by atoms with Crippen LogP contribution in [0.1, 0.15) is 130 Å². The summed E-state index contributed by atoms with van der Waals surface area (Å²) in [7, 11) is 0. The molecular formula is C22H46. The molecule has 22 heavy (non-hydrogen) atoms. The maximum Gasteiger partial charge on any atom is -0.0443 e. The summed E-state index contributed by atoms with van der Waals surface area (Å²) in [5.41, 5.74) is 0. The minimum Gasteiger partial charge on any atom is -0.0654 e. The Balaban J connectivity index is 3.05. The highest BCUT2D eigenvalue weighted by Crippen LogP contribution is 2.17. The molecule has 0 saturated carbocycles. The molecule has 134 valence electrons. The van der Waals surface area contributed by atoms with Gasteiger partial charge in [0.15, 0.2) is 0 Å². The van der Waals surface area contributed by atoms with Crippen LogP contribution in [0.25, 0.3) is 0 Å². The van der Waals surface area contributed by atoms with Crippen LogP contribution in [0.5, 0.6) is 0 Å². The lowest BCUT2D eigenvalue weighted by atomic mass is 9.97. The van der Waals surface area contributed by atoms with Gasteiger partial charge >= 0.3 is 0 Å². The summed E-state index contributed by atoms with van der Waals surface area (Å²) in [5, 5.41) is 0. The van der Waals surface area contributed by atoms with E-state index in [2.05, 4.69) is 27.7 Å². The van der Waals surface area contributed by atoms with Crippen molar-refractivity contribution in [3.05, 3.63) is 0 Å². The lowest BCUT2D eigenvalue weighted by Crippen LogP contribution is -1.93. The molecule has 0 N–H and O–H groups in total. The highest BCUT2D eigenvalue weighted by molar-refractivity contribution is 4.54. The molecule has 0 aromatic heterocycles. The molecule has 0 spiro atoms. The Morgan fingerprint density at radius 2 is 0.818 bits per heavy atom. The standard InChI is InChI=1S/C22H46/c1-5-18-22(4)20-17-15-13-11-9-7-8-10-12-14-16-19-21(3)6-2/h21-22H,5-20H2,1-4H3. The van der Waals surface area contributed by atoms with E-state index >= 15 is 0 Å². The van der Waals surface area contributed by atoms with Crippen molar-refractivity contribution >= 4 is 0 Å². The van der Waals surface area contributed by atoms with E-state index in [4.69, 9.17) is 0 Å². The van der Waals surface area contributed by atoms with Crippen LogP contribution in [-0.4, -0.2) is 0 Å². The molecule has 0 rings (SSSR count). The van der Waals surface area contributed by atoms with E-state index in [1.54, 1.807) is 0 Å². The van der Waals surface area contributed by atoms with E-state index in [0.29, 0.717) is 0 Å². The van der Waals surface area contributed by atoms with Gasteiger partial charge in [-0.1, -0.05) is 130 Å². The van der Waals surface area contributed by atoms with Gasteiger partial charge in [0.1, 0.15) is 0 Å². The largest absolute Gasteiger partial charge is 0.0654 e. The van der Waals surface area contributed by atoms with E-state index in [1.165, 1.54) is 103 Å². The summed E-state index contributed by atoms with van der Waals surface area (Å²) in [5.74, 6) is 1.91. The molecule has 0 heterocycles. The summed E-state index contributed by atoms with van der Waals surface area (Å²) in [6.45, 7) is 9.44. The van der Waals surface area contributed by atoms with Gasteiger partial charge < -0.3 is 0 Å². The van der Waals surface area contributed by atoms with E-state index in [9.17, 15) is 0 Å². The number of hydrogen-bond donors (Lipinski definition) is 0. The molecule has 0 nitrogen and oxygen atoms in total. The van der Waals surface area contributed by atoms with Gasteiger partial charge in [0, 0.05) is 0 Å². The van der Waals surface area contributed by atoms with Crippen molar-refractivity contribution in [2.24, 2.45) is 11.8 Å². The van der Waals surface area contributed by atoms with Crippen LogP contribution in [-0.2, 0) is 0 Å². The van der Waals surface area contributed by atoms with Crippen molar-refractivity contribution in [1.29, 1.82) is 0 Å². The fraction of sp³-hybridized carbons (Fsp3) is 1.00. The Morgan fingerprint density at radius 1 is 0.455 bits per heavy atom. The quantitative estimate of drug-likeness (QED) is 0.236. The van der Waals surface area contributed by atoms with E-state index in [-0.39, 0.29) is 0 Å². The van der Waals surface area contributed by atoms with Crippen LogP contribution < -0.4 is 0 Å². The van der Waals surface area contributed by atoms with Crippen LogP contribution in [0.3, 0.4) is 0 Å². The van der Waals surface area contributed by atoms with Crippen molar-refractivity contribution in [3.8, 4) is 0 Å². The molecule has 0 saturated heterocycles. The molecule has 0 aliphatic carbocycles. The SMILES string of the molecule is CCCC(C)CCCCCCCCCCCCCC(C)CC. The van der Waals surface area contributed by atoms with Gasteiger partial charge in [-0.25, -0.2) is 0 Å². The zero-order chi connectivity index (χ0) is 16.5. The van der Waals surface area contributed by atoms with Gasteiger partial charge in [-0.05, 0) is 11.8 Å². The van der Waals surface area contributed by atoms with E-state index in [0.717, 1.165) is 11.8 Å². The van der Waals surface area contributed by atoms with Crippen molar-refractivity contribution < 1.29 is 0 Å². The fourth-order valence-corrected chi connectivity index (χ4v) is 3.42. The van der Waals surface area contributed by atoms with Gasteiger partial charge in [0.05, 0.1) is 0 Å². The average Bonchev–Trinajstić information content (AvgIpc) is 2.51. The molecule has 0 aromatic rings. The molecule has 2 unspecified atom stereocenters. The average molecular weight is 311 g/mol. The first kappa shape index (κ1) is 22.0. The highest BCUT2D eigenvalue weighted by atomic mass is 14.1. The van der Waals surface area contributed by atoms with Crippen molar-refractivity contribution in [3.63, 3.8) is 0 Å². The van der Waals surface area contributed by atoms with Gasteiger partial charge in [0.25, 0.3) is 0 Å². The van der Waals surface area contributed by atoms with Gasteiger partial charge in [-0.15, -0.1) is 0 Å². The third kappa shape index (κ3) is 16.4. The Labute approximate surface area is 142 Å². The predicted molar refractivity (Wildman–Crippen MR) is 104 cm³/mol. The molecule has 0 aromatic carbocycles. The molecule has 0 aliphatic heterocycles. The Hall–Kier alpha value is 0. The van der Waals surface area contributed by atoms with E-state index in [1.807, 2.05) is 0 Å². The fourth-order valence-electron chi connectivity index (χ4n) is 3.42. The maximum absolute atomic E-state index is 2.42. The molecule has 2 atom stereocenters. The van der Waals surface area contributed by atoms with Crippen molar-refractivity contribution in [1.82, 2.24) is 0 Å². The Bertz CT molecular complexity index is 196. The van der Waals surface area contributed by atoms with Gasteiger partial charge in [-0.2, -0.15) is 0 Å². The molecule has 0 fully saturated rings. The van der Waals surface area contributed by atoms with Crippen LogP contribution in [0, 0.1) is 11.8 Å².